The van der Waals surface area contributed by atoms with Crippen molar-refractivity contribution in [3.05, 3.63) is 67.4 Å². The number of nitrogens with zero attached hydrogens (tertiary/aromatic N) is 7. The molecule has 0 atom stereocenters. The zero-order valence-electron chi connectivity index (χ0n) is 20.7. The smallest absolute Gasteiger partial charge is 0.475 e. The molecule has 0 unspecified atom stereocenters. The lowest BCUT2D eigenvalue weighted by molar-refractivity contribution is -0.192. The fourth-order valence-corrected chi connectivity index (χ4v) is 3.88. The van der Waals surface area contributed by atoms with Gasteiger partial charge in [-0.3, -0.25) is 5.10 Å². The van der Waals surface area contributed by atoms with Crippen molar-refractivity contribution in [2.45, 2.75) is 6.18 Å². The molecule has 0 aliphatic carbocycles. The van der Waals surface area contributed by atoms with E-state index < -0.39 is 12.1 Å². The summed E-state index contributed by atoms with van der Waals surface area (Å²) in [4.78, 5) is 24.7. The highest BCUT2D eigenvalue weighted by atomic mass is 19.4. The van der Waals surface area contributed by atoms with Crippen LogP contribution in [0.2, 0.25) is 0 Å². The minimum atomic E-state index is -5.08. The van der Waals surface area contributed by atoms with Gasteiger partial charge in [0, 0.05) is 42.1 Å². The number of rotatable bonds is 5. The maximum absolute atomic E-state index is 10.6. The Hall–Kier alpha value is -5.05. The van der Waals surface area contributed by atoms with Gasteiger partial charge >= 0.3 is 12.1 Å². The molecule has 0 saturated carbocycles. The fraction of sp³-hybridized carbons (Fsp3) is 0.200. The van der Waals surface area contributed by atoms with Crippen LogP contribution in [0.5, 0.6) is 0 Å². The Kier molecular flexibility index (Phi) is 7.54. The Morgan fingerprint density at radius 2 is 1.80 bits per heavy atom. The van der Waals surface area contributed by atoms with Crippen molar-refractivity contribution < 1.29 is 27.8 Å². The van der Waals surface area contributed by atoms with Gasteiger partial charge in [0.25, 0.3) is 0 Å². The minimum Gasteiger partial charge on any atom is -0.475 e. The van der Waals surface area contributed by atoms with Crippen molar-refractivity contribution in [1.82, 2.24) is 34.9 Å². The van der Waals surface area contributed by atoms with E-state index in [4.69, 9.17) is 14.6 Å². The van der Waals surface area contributed by atoms with E-state index in [-0.39, 0.29) is 0 Å². The molecule has 206 valence electrons. The van der Waals surface area contributed by atoms with Gasteiger partial charge in [0.15, 0.2) is 0 Å². The van der Waals surface area contributed by atoms with Crippen molar-refractivity contribution in [3.63, 3.8) is 0 Å². The molecule has 1 saturated heterocycles. The number of halogens is 3. The topological polar surface area (TPSA) is 147 Å². The third-order valence-electron chi connectivity index (χ3n) is 5.84. The predicted octanol–water partition coefficient (Wildman–Crippen LogP) is 3.81. The molecule has 15 heteroatoms. The molecule has 3 N–H and O–H groups in total. The Morgan fingerprint density at radius 3 is 2.48 bits per heavy atom. The zero-order valence-corrected chi connectivity index (χ0v) is 20.7. The number of morpholine rings is 1. The van der Waals surface area contributed by atoms with Gasteiger partial charge in [0.05, 0.1) is 30.6 Å². The molecule has 0 amide bonds. The lowest BCUT2D eigenvalue weighted by Crippen LogP contribution is -2.37. The second-order valence-electron chi connectivity index (χ2n) is 8.48. The molecule has 5 aromatic rings. The summed E-state index contributed by atoms with van der Waals surface area (Å²) in [7, 11) is 0. The number of aromatic nitrogens is 7. The number of carboxylic acid groups (broad SMARTS) is 1. The summed E-state index contributed by atoms with van der Waals surface area (Å²) in [6.07, 6.45) is 2.14. The van der Waals surface area contributed by atoms with Crippen molar-refractivity contribution in [3.8, 4) is 16.8 Å². The first-order chi connectivity index (χ1) is 19.3. The Morgan fingerprint density at radius 1 is 1.05 bits per heavy atom. The van der Waals surface area contributed by atoms with Gasteiger partial charge in [-0.1, -0.05) is 12.1 Å². The van der Waals surface area contributed by atoms with Crippen LogP contribution in [-0.2, 0) is 9.53 Å². The minimum absolute atomic E-state index is 0.537. The van der Waals surface area contributed by atoms with Crippen LogP contribution in [0.15, 0.2) is 67.4 Å². The number of H-pyrrole nitrogens is 1. The lowest BCUT2D eigenvalue weighted by atomic mass is 10.1. The number of aliphatic carboxylic acids is 1. The van der Waals surface area contributed by atoms with Crippen LogP contribution in [0, 0.1) is 0 Å². The molecule has 0 radical (unpaired) electrons. The number of fused-ring (bicyclic) bond motifs is 1. The Labute approximate surface area is 224 Å². The number of anilines is 3. The molecule has 1 fully saturated rings. The molecule has 0 spiro atoms. The van der Waals surface area contributed by atoms with Crippen molar-refractivity contribution in [2.75, 3.05) is 36.5 Å². The summed E-state index contributed by atoms with van der Waals surface area (Å²) in [6, 6.07) is 13.9. The summed E-state index contributed by atoms with van der Waals surface area (Å²) >= 11 is 0. The van der Waals surface area contributed by atoms with E-state index in [1.165, 1.54) is 0 Å². The number of aromatic amines is 1. The van der Waals surface area contributed by atoms with Gasteiger partial charge in [-0.15, -0.1) is 5.10 Å². The highest BCUT2D eigenvalue weighted by Crippen LogP contribution is 2.27. The fourth-order valence-electron chi connectivity index (χ4n) is 3.88. The summed E-state index contributed by atoms with van der Waals surface area (Å²) in [5.41, 5.74) is 4.72. The number of benzene rings is 2. The largest absolute Gasteiger partial charge is 0.490 e. The van der Waals surface area contributed by atoms with E-state index in [1.54, 1.807) is 17.2 Å². The Balaban J connectivity index is 0.000000411. The first-order valence-corrected chi connectivity index (χ1v) is 11.9. The molecule has 0 bridgehead atoms. The van der Waals surface area contributed by atoms with E-state index in [9.17, 15) is 13.2 Å². The van der Waals surface area contributed by atoms with Crippen LogP contribution in [0.1, 0.15) is 0 Å². The van der Waals surface area contributed by atoms with E-state index in [1.807, 2.05) is 54.9 Å². The van der Waals surface area contributed by atoms with Gasteiger partial charge in [-0.05, 0) is 35.9 Å². The van der Waals surface area contributed by atoms with Gasteiger partial charge in [0.2, 0.25) is 11.9 Å². The van der Waals surface area contributed by atoms with E-state index in [0.29, 0.717) is 19.2 Å². The lowest BCUT2D eigenvalue weighted by Gasteiger charge is -2.25. The van der Waals surface area contributed by atoms with Crippen LogP contribution in [-0.4, -0.2) is 78.5 Å². The molecule has 4 heterocycles. The molecule has 12 nitrogen and oxygen atoms in total. The molecular formula is C25H22F3N9O3. The summed E-state index contributed by atoms with van der Waals surface area (Å²) in [6.45, 7) is 3.02. The number of carbonyl (C=O) groups is 1. The molecule has 1 aliphatic rings. The second-order valence-corrected chi connectivity index (χ2v) is 8.48. The highest BCUT2D eigenvalue weighted by molar-refractivity contribution is 5.94. The third kappa shape index (κ3) is 6.15. The quantitative estimate of drug-likeness (QED) is 0.294. The van der Waals surface area contributed by atoms with Crippen molar-refractivity contribution >= 4 is 34.5 Å². The van der Waals surface area contributed by atoms with Crippen molar-refractivity contribution in [1.29, 1.82) is 0 Å². The average Bonchev–Trinajstić information content (AvgIpc) is 3.67. The predicted molar refractivity (Wildman–Crippen MR) is 138 cm³/mol. The summed E-state index contributed by atoms with van der Waals surface area (Å²) < 4.78 is 38.9. The summed E-state index contributed by atoms with van der Waals surface area (Å²) in [5.74, 6) is -1.50. The third-order valence-corrected chi connectivity index (χ3v) is 5.84. The average molecular weight is 554 g/mol. The molecule has 40 heavy (non-hydrogen) atoms. The number of carboxylic acids is 1. The monoisotopic (exact) mass is 553 g/mol. The molecule has 2 aromatic carbocycles. The van der Waals surface area contributed by atoms with Gasteiger partial charge in [-0.25, -0.2) is 19.4 Å². The number of alkyl halides is 3. The molecular weight excluding hydrogens is 531 g/mol. The van der Waals surface area contributed by atoms with Crippen molar-refractivity contribution in [2.24, 2.45) is 0 Å². The SMILES string of the molecule is O=C(O)C(F)(F)F.c1cc(-c2cn[nH]c2)c2cnc(Nc3ccc(-n4cnc(N5CCOCC5)n4)cc3)nc2c1. The zero-order chi connectivity index (χ0) is 28.1. The molecule has 6 rings (SSSR count). The van der Waals surface area contributed by atoms with Crippen LogP contribution in [0.25, 0.3) is 27.7 Å². The Bertz CT molecular complexity index is 1580. The van der Waals surface area contributed by atoms with Crippen LogP contribution in [0.3, 0.4) is 0 Å². The molecule has 1 aliphatic heterocycles. The van der Waals surface area contributed by atoms with Gasteiger partial charge in [-0.2, -0.15) is 23.3 Å². The number of ether oxygens (including phenoxy) is 1. The number of hydrogen-bond donors (Lipinski definition) is 3. The first kappa shape index (κ1) is 26.6. The van der Waals surface area contributed by atoms with E-state index in [2.05, 4.69) is 40.5 Å². The number of nitrogens with one attached hydrogen (secondary N) is 2. The normalized spacial score (nSPS) is 13.5. The van der Waals surface area contributed by atoms with Gasteiger partial charge in [0.1, 0.15) is 6.33 Å². The maximum atomic E-state index is 10.6. The summed E-state index contributed by atoms with van der Waals surface area (Å²) in [5, 5.41) is 22.9. The highest BCUT2D eigenvalue weighted by Gasteiger charge is 2.38. The molecule has 3 aromatic heterocycles. The van der Waals surface area contributed by atoms with E-state index in [0.717, 1.165) is 52.4 Å². The second kappa shape index (κ2) is 11.4. The van der Waals surface area contributed by atoms with Crippen LogP contribution >= 0.6 is 0 Å². The maximum Gasteiger partial charge on any atom is 0.490 e. The standard InChI is InChI=1S/C23H21N9O.C2HF3O2/c1-2-19(16-12-26-27-13-16)20-14-24-22(29-21(20)3-1)28-17-4-6-18(7-5-17)32-15-25-23(30-32)31-8-10-33-11-9-31;3-2(4,5)1(6)7/h1-7,12-15H,8-11H2,(H,26,27)(H,24,28,29);(H,6,7). The first-order valence-electron chi connectivity index (χ1n) is 11.9. The van der Waals surface area contributed by atoms with Crippen LogP contribution < -0.4 is 10.2 Å². The van der Waals surface area contributed by atoms with Crippen LogP contribution in [0.4, 0.5) is 30.8 Å². The number of hydrogen-bond acceptors (Lipinski definition) is 9. The van der Waals surface area contributed by atoms with E-state index >= 15 is 0 Å². The van der Waals surface area contributed by atoms with Gasteiger partial charge < -0.3 is 20.1 Å².